The van der Waals surface area contributed by atoms with Crippen LogP contribution in [0.25, 0.3) is 0 Å². The van der Waals surface area contributed by atoms with Gasteiger partial charge in [0, 0.05) is 0 Å². The summed E-state index contributed by atoms with van der Waals surface area (Å²) in [6.07, 6.45) is 4.34. The fourth-order valence-corrected chi connectivity index (χ4v) is 3.49. The third kappa shape index (κ3) is 2.70. The topological polar surface area (TPSA) is 46.6 Å². The normalized spacial score (nSPS) is 20.1. The van der Waals surface area contributed by atoms with Gasteiger partial charge in [0.15, 0.2) is 0 Å². The maximum Gasteiger partial charge on any atom is 0.261 e. The highest BCUT2D eigenvalue weighted by Gasteiger charge is 2.38. The van der Waals surface area contributed by atoms with E-state index in [0.29, 0.717) is 23.6 Å². The van der Waals surface area contributed by atoms with Crippen molar-refractivity contribution in [3.8, 4) is 0 Å². The van der Waals surface area contributed by atoms with Crippen LogP contribution in [0, 0.1) is 5.92 Å². The van der Waals surface area contributed by atoms with Gasteiger partial charge in [-0.25, -0.2) is 0 Å². The monoisotopic (exact) mass is 307 g/mol. The number of fused-ring (bicyclic) bond motifs is 1. The number of amides is 2. The highest BCUT2D eigenvalue weighted by molar-refractivity contribution is 6.21. The molecule has 0 bridgehead atoms. The molecule has 0 aromatic heterocycles. The van der Waals surface area contributed by atoms with Crippen molar-refractivity contribution in [2.24, 2.45) is 5.92 Å². The lowest BCUT2D eigenvalue weighted by atomic mass is 10.0. The van der Waals surface area contributed by atoms with E-state index < -0.39 is 0 Å². The molecule has 4 nitrogen and oxygen atoms in total. The second-order valence-corrected chi connectivity index (χ2v) is 5.84. The number of benzene rings is 1. The SMILES string of the molecule is O=C1c2ccccc2C(=O)N1CC(OCCl)C1CCCC1. The molecule has 0 spiro atoms. The molecule has 0 saturated heterocycles. The predicted octanol–water partition coefficient (Wildman–Crippen LogP) is 3.05. The summed E-state index contributed by atoms with van der Waals surface area (Å²) in [6.45, 7) is 0.295. The first-order chi connectivity index (χ1) is 10.2. The summed E-state index contributed by atoms with van der Waals surface area (Å²) in [5.74, 6) is -0.0680. The molecule has 112 valence electrons. The van der Waals surface area contributed by atoms with E-state index in [-0.39, 0.29) is 24.0 Å². The summed E-state index contributed by atoms with van der Waals surface area (Å²) in [5, 5.41) is 0. The van der Waals surface area contributed by atoms with Crippen molar-refractivity contribution in [2.45, 2.75) is 31.8 Å². The standard InChI is InChI=1S/C16H18ClNO3/c17-10-21-14(11-5-1-2-6-11)9-18-15(19)12-7-3-4-8-13(12)16(18)20/h3-4,7-8,11,14H,1-2,5-6,9-10H2. The summed E-state index contributed by atoms with van der Waals surface area (Å²) in [6, 6.07) is 7.03. The van der Waals surface area contributed by atoms with E-state index in [1.54, 1.807) is 24.3 Å². The van der Waals surface area contributed by atoms with Gasteiger partial charge in [0.05, 0.1) is 23.8 Å². The first-order valence-electron chi connectivity index (χ1n) is 7.35. The van der Waals surface area contributed by atoms with Gasteiger partial charge in [-0.2, -0.15) is 0 Å². The molecule has 1 aromatic rings. The van der Waals surface area contributed by atoms with Crippen LogP contribution in [0.15, 0.2) is 24.3 Å². The number of alkyl halides is 1. The minimum Gasteiger partial charge on any atom is -0.360 e. The van der Waals surface area contributed by atoms with E-state index in [4.69, 9.17) is 16.3 Å². The summed E-state index contributed by atoms with van der Waals surface area (Å²) in [4.78, 5) is 26.1. The van der Waals surface area contributed by atoms with Crippen LogP contribution >= 0.6 is 11.6 Å². The summed E-state index contributed by atoms with van der Waals surface area (Å²) >= 11 is 5.71. The molecule has 0 radical (unpaired) electrons. The van der Waals surface area contributed by atoms with E-state index in [1.807, 2.05) is 0 Å². The van der Waals surface area contributed by atoms with Crippen LogP contribution in [0.2, 0.25) is 0 Å². The number of hydrogen-bond donors (Lipinski definition) is 0. The van der Waals surface area contributed by atoms with Gasteiger partial charge in [0.2, 0.25) is 0 Å². The Morgan fingerprint density at radius 3 is 2.24 bits per heavy atom. The second-order valence-electron chi connectivity index (χ2n) is 5.63. The van der Waals surface area contributed by atoms with Gasteiger partial charge < -0.3 is 4.74 Å². The lowest BCUT2D eigenvalue weighted by molar-refractivity contribution is 0.0152. The molecule has 3 rings (SSSR count). The Morgan fingerprint density at radius 1 is 1.14 bits per heavy atom. The molecule has 0 N–H and O–H groups in total. The van der Waals surface area contributed by atoms with Crippen molar-refractivity contribution in [3.63, 3.8) is 0 Å². The Labute approximate surface area is 129 Å². The molecule has 1 aliphatic heterocycles. The fourth-order valence-electron chi connectivity index (χ4n) is 3.33. The van der Waals surface area contributed by atoms with Crippen molar-refractivity contribution < 1.29 is 14.3 Å². The molecule has 1 aliphatic carbocycles. The number of halogens is 1. The van der Waals surface area contributed by atoms with Crippen LogP contribution in [-0.4, -0.2) is 35.4 Å². The van der Waals surface area contributed by atoms with E-state index >= 15 is 0 Å². The smallest absolute Gasteiger partial charge is 0.261 e. The Bertz CT molecular complexity index is 519. The molecular formula is C16H18ClNO3. The lowest BCUT2D eigenvalue weighted by Gasteiger charge is -2.26. The van der Waals surface area contributed by atoms with Gasteiger partial charge in [-0.15, -0.1) is 0 Å². The molecule has 1 heterocycles. The third-order valence-electron chi connectivity index (χ3n) is 4.44. The average molecular weight is 308 g/mol. The van der Waals surface area contributed by atoms with Crippen LogP contribution in [0.1, 0.15) is 46.4 Å². The van der Waals surface area contributed by atoms with Crippen molar-refractivity contribution in [1.82, 2.24) is 4.90 Å². The Hall–Kier alpha value is -1.39. The third-order valence-corrected chi connectivity index (χ3v) is 4.57. The first-order valence-corrected chi connectivity index (χ1v) is 7.88. The van der Waals surface area contributed by atoms with Crippen molar-refractivity contribution in [1.29, 1.82) is 0 Å². The van der Waals surface area contributed by atoms with Crippen LogP contribution in [0.5, 0.6) is 0 Å². The Kier molecular flexibility index (Phi) is 4.27. The summed E-state index contributed by atoms with van der Waals surface area (Å²) < 4.78 is 5.60. The van der Waals surface area contributed by atoms with Gasteiger partial charge in [-0.3, -0.25) is 14.5 Å². The summed E-state index contributed by atoms with van der Waals surface area (Å²) in [5.41, 5.74) is 0.970. The molecule has 5 heteroatoms. The minimum absolute atomic E-state index is 0.0876. The van der Waals surface area contributed by atoms with Crippen LogP contribution in [-0.2, 0) is 4.74 Å². The maximum absolute atomic E-state index is 12.4. The fraction of sp³-hybridized carbons (Fsp3) is 0.500. The van der Waals surface area contributed by atoms with Gasteiger partial charge in [0.25, 0.3) is 11.8 Å². The number of imide groups is 1. The van der Waals surface area contributed by atoms with E-state index in [9.17, 15) is 9.59 Å². The zero-order valence-corrected chi connectivity index (χ0v) is 12.5. The lowest BCUT2D eigenvalue weighted by Crippen LogP contribution is -2.40. The Morgan fingerprint density at radius 2 is 1.71 bits per heavy atom. The molecular weight excluding hydrogens is 290 g/mol. The first kappa shape index (κ1) is 14.5. The molecule has 2 amide bonds. The second kappa shape index (κ2) is 6.16. The zero-order valence-electron chi connectivity index (χ0n) is 11.8. The van der Waals surface area contributed by atoms with Crippen molar-refractivity contribution in [3.05, 3.63) is 35.4 Å². The van der Waals surface area contributed by atoms with Crippen LogP contribution < -0.4 is 0 Å². The minimum atomic E-state index is -0.225. The number of rotatable bonds is 5. The van der Waals surface area contributed by atoms with Gasteiger partial charge >= 0.3 is 0 Å². The number of nitrogens with zero attached hydrogens (tertiary/aromatic N) is 1. The van der Waals surface area contributed by atoms with Gasteiger partial charge in [-0.1, -0.05) is 36.6 Å². The van der Waals surface area contributed by atoms with E-state index in [2.05, 4.69) is 0 Å². The predicted molar refractivity (Wildman–Crippen MR) is 79.4 cm³/mol. The maximum atomic E-state index is 12.4. The molecule has 1 saturated carbocycles. The number of hydrogen-bond acceptors (Lipinski definition) is 3. The highest BCUT2D eigenvalue weighted by Crippen LogP contribution is 2.31. The highest BCUT2D eigenvalue weighted by atomic mass is 35.5. The number of ether oxygens (including phenoxy) is 1. The van der Waals surface area contributed by atoms with Crippen molar-refractivity contribution >= 4 is 23.4 Å². The molecule has 1 fully saturated rings. The van der Waals surface area contributed by atoms with E-state index in [1.165, 1.54) is 17.7 Å². The van der Waals surface area contributed by atoms with Gasteiger partial charge in [-0.05, 0) is 30.9 Å². The van der Waals surface area contributed by atoms with Crippen LogP contribution in [0.4, 0.5) is 0 Å². The molecule has 1 aromatic carbocycles. The zero-order chi connectivity index (χ0) is 14.8. The van der Waals surface area contributed by atoms with E-state index in [0.717, 1.165) is 12.8 Å². The molecule has 1 atom stereocenters. The quantitative estimate of drug-likeness (QED) is 0.620. The van der Waals surface area contributed by atoms with Crippen LogP contribution in [0.3, 0.4) is 0 Å². The van der Waals surface area contributed by atoms with Gasteiger partial charge in [0.1, 0.15) is 6.07 Å². The largest absolute Gasteiger partial charge is 0.360 e. The Balaban J connectivity index is 1.78. The molecule has 1 unspecified atom stereocenters. The van der Waals surface area contributed by atoms with Crippen molar-refractivity contribution in [2.75, 3.05) is 12.6 Å². The molecule has 21 heavy (non-hydrogen) atoms. The number of carbonyl (C=O) groups is 2. The average Bonchev–Trinajstić information content (AvgIpc) is 3.11. The molecule has 2 aliphatic rings. The number of carbonyl (C=O) groups excluding carboxylic acids is 2. The summed E-state index contributed by atoms with van der Waals surface area (Å²) in [7, 11) is 0.